The number of rotatable bonds is 3. The summed E-state index contributed by atoms with van der Waals surface area (Å²) in [5.74, 6) is 1.92. The van der Waals surface area contributed by atoms with Gasteiger partial charge in [-0.2, -0.15) is 5.10 Å². The number of nitrogens with zero attached hydrogens (tertiary/aromatic N) is 2. The van der Waals surface area contributed by atoms with Crippen molar-refractivity contribution in [2.24, 2.45) is 11.3 Å². The van der Waals surface area contributed by atoms with E-state index in [-0.39, 0.29) is 0 Å². The summed E-state index contributed by atoms with van der Waals surface area (Å²) < 4.78 is 1.98. The van der Waals surface area contributed by atoms with Crippen LogP contribution >= 0.6 is 0 Å². The lowest BCUT2D eigenvalue weighted by atomic mass is 9.71. The van der Waals surface area contributed by atoms with Gasteiger partial charge in [-0.15, -0.1) is 0 Å². The molecule has 1 aliphatic rings. The lowest BCUT2D eigenvalue weighted by Gasteiger charge is -2.37. The number of hydrogen-bond donors (Lipinski definition) is 1. The summed E-state index contributed by atoms with van der Waals surface area (Å²) in [6, 6.07) is 2.70. The van der Waals surface area contributed by atoms with Crippen molar-refractivity contribution < 1.29 is 0 Å². The molecule has 0 atom stereocenters. The average Bonchev–Trinajstić information content (AvgIpc) is 2.76. The molecule has 1 heterocycles. The molecule has 2 rings (SSSR count). The highest BCUT2D eigenvalue weighted by Gasteiger charge is 2.29. The van der Waals surface area contributed by atoms with E-state index in [1.807, 2.05) is 10.9 Å². The zero-order chi connectivity index (χ0) is 13.2. The molecule has 0 unspecified atom stereocenters. The average molecular weight is 249 g/mol. The fourth-order valence-corrected chi connectivity index (χ4v) is 2.93. The molecule has 1 N–H and O–H groups in total. The van der Waals surface area contributed by atoms with Crippen LogP contribution in [0, 0.1) is 11.3 Å². The van der Waals surface area contributed by atoms with Crippen LogP contribution in [0.1, 0.15) is 53.4 Å². The minimum atomic E-state index is 0.467. The molecular formula is C15H27N3. The van der Waals surface area contributed by atoms with Gasteiger partial charge in [0, 0.05) is 24.8 Å². The molecule has 1 fully saturated rings. The molecule has 0 radical (unpaired) electrons. The molecule has 3 nitrogen and oxygen atoms in total. The van der Waals surface area contributed by atoms with Crippen LogP contribution in [0.15, 0.2) is 12.3 Å². The van der Waals surface area contributed by atoms with Gasteiger partial charge >= 0.3 is 0 Å². The predicted octanol–water partition coefficient (Wildman–Crippen LogP) is 3.92. The molecule has 1 aliphatic carbocycles. The fraction of sp³-hybridized carbons (Fsp3) is 0.800. The van der Waals surface area contributed by atoms with Gasteiger partial charge in [-0.25, -0.2) is 0 Å². The Balaban J connectivity index is 1.83. The first-order valence-corrected chi connectivity index (χ1v) is 7.29. The van der Waals surface area contributed by atoms with E-state index < -0.39 is 0 Å². The molecule has 102 valence electrons. The second-order valence-corrected chi connectivity index (χ2v) is 6.62. The van der Waals surface area contributed by atoms with Gasteiger partial charge in [-0.3, -0.25) is 4.68 Å². The van der Waals surface area contributed by atoms with Crippen LogP contribution in [-0.4, -0.2) is 15.8 Å². The molecule has 0 amide bonds. The number of hydrogen-bond acceptors (Lipinski definition) is 2. The van der Waals surface area contributed by atoms with Crippen molar-refractivity contribution in [3.05, 3.63) is 12.3 Å². The quantitative estimate of drug-likeness (QED) is 0.880. The van der Waals surface area contributed by atoms with Crippen molar-refractivity contribution in [1.82, 2.24) is 9.78 Å². The topological polar surface area (TPSA) is 29.9 Å². The summed E-state index contributed by atoms with van der Waals surface area (Å²) in [6.45, 7) is 10.2. The predicted molar refractivity (Wildman–Crippen MR) is 76.7 cm³/mol. The van der Waals surface area contributed by atoms with Gasteiger partial charge in [0.2, 0.25) is 0 Å². The molecule has 0 aromatic carbocycles. The molecule has 18 heavy (non-hydrogen) atoms. The molecule has 1 saturated carbocycles. The third kappa shape index (κ3) is 3.27. The smallest absolute Gasteiger partial charge is 0.148 e. The Bertz CT molecular complexity index is 367. The van der Waals surface area contributed by atoms with Gasteiger partial charge in [-0.05, 0) is 43.9 Å². The van der Waals surface area contributed by atoms with E-state index in [1.165, 1.54) is 25.7 Å². The van der Waals surface area contributed by atoms with Crippen LogP contribution in [0.2, 0.25) is 0 Å². The van der Waals surface area contributed by atoms with Gasteiger partial charge in [0.25, 0.3) is 0 Å². The van der Waals surface area contributed by atoms with Gasteiger partial charge in [0.05, 0.1) is 0 Å². The zero-order valence-electron chi connectivity index (χ0n) is 12.2. The van der Waals surface area contributed by atoms with Gasteiger partial charge in [-0.1, -0.05) is 20.8 Å². The Hall–Kier alpha value is -0.990. The SMILES string of the molecule is CCn1ccc(NC2CCC(C(C)(C)C)CC2)n1. The summed E-state index contributed by atoms with van der Waals surface area (Å²) in [4.78, 5) is 0. The van der Waals surface area contributed by atoms with Crippen LogP contribution in [0.4, 0.5) is 5.82 Å². The third-order valence-corrected chi connectivity index (χ3v) is 4.27. The highest BCUT2D eigenvalue weighted by atomic mass is 15.3. The Morgan fingerprint density at radius 3 is 2.44 bits per heavy atom. The summed E-state index contributed by atoms with van der Waals surface area (Å²) in [5, 5.41) is 8.07. The van der Waals surface area contributed by atoms with Crippen molar-refractivity contribution in [2.45, 2.75) is 66.0 Å². The zero-order valence-corrected chi connectivity index (χ0v) is 12.2. The molecule has 0 bridgehead atoms. The molecule has 3 heteroatoms. The summed E-state index contributed by atoms with van der Waals surface area (Å²) >= 11 is 0. The molecule has 1 aromatic rings. The van der Waals surface area contributed by atoms with Crippen molar-refractivity contribution in [2.75, 3.05) is 5.32 Å². The molecule has 0 spiro atoms. The second-order valence-electron chi connectivity index (χ2n) is 6.62. The summed E-state index contributed by atoms with van der Waals surface area (Å²) in [7, 11) is 0. The molecule has 0 aliphatic heterocycles. The first kappa shape index (κ1) is 13.4. The highest BCUT2D eigenvalue weighted by Crippen LogP contribution is 2.38. The van der Waals surface area contributed by atoms with Crippen LogP contribution in [0.3, 0.4) is 0 Å². The van der Waals surface area contributed by atoms with Crippen molar-refractivity contribution in [1.29, 1.82) is 0 Å². The standard InChI is InChI=1S/C15H27N3/c1-5-18-11-10-14(17-18)16-13-8-6-12(7-9-13)15(2,3)4/h10-13H,5-9H2,1-4H3,(H,16,17). The number of anilines is 1. The maximum absolute atomic E-state index is 4.50. The van der Waals surface area contributed by atoms with Gasteiger partial charge < -0.3 is 5.32 Å². The normalized spacial score (nSPS) is 25.1. The van der Waals surface area contributed by atoms with Crippen molar-refractivity contribution in [3.8, 4) is 0 Å². The monoisotopic (exact) mass is 249 g/mol. The van der Waals surface area contributed by atoms with Crippen molar-refractivity contribution >= 4 is 5.82 Å². The fourth-order valence-electron chi connectivity index (χ4n) is 2.93. The Morgan fingerprint density at radius 1 is 1.28 bits per heavy atom. The number of nitrogens with one attached hydrogen (secondary N) is 1. The number of aromatic nitrogens is 2. The van der Waals surface area contributed by atoms with Gasteiger partial charge in [0.1, 0.15) is 5.82 Å². The minimum absolute atomic E-state index is 0.467. The molecule has 1 aromatic heterocycles. The van der Waals surface area contributed by atoms with Crippen LogP contribution < -0.4 is 5.32 Å². The van der Waals surface area contributed by atoms with Crippen LogP contribution in [-0.2, 0) is 6.54 Å². The molecular weight excluding hydrogens is 222 g/mol. The van der Waals surface area contributed by atoms with Gasteiger partial charge in [0.15, 0.2) is 0 Å². The van der Waals surface area contributed by atoms with E-state index in [9.17, 15) is 0 Å². The number of aryl methyl sites for hydroxylation is 1. The first-order chi connectivity index (χ1) is 8.49. The lowest BCUT2D eigenvalue weighted by molar-refractivity contribution is 0.173. The minimum Gasteiger partial charge on any atom is -0.366 e. The largest absolute Gasteiger partial charge is 0.366 e. The van der Waals surface area contributed by atoms with E-state index in [4.69, 9.17) is 0 Å². The Morgan fingerprint density at radius 2 is 1.94 bits per heavy atom. The lowest BCUT2D eigenvalue weighted by Crippen LogP contribution is -2.31. The first-order valence-electron chi connectivity index (χ1n) is 7.29. The maximum atomic E-state index is 4.50. The highest BCUT2D eigenvalue weighted by molar-refractivity contribution is 5.33. The van der Waals surface area contributed by atoms with Crippen LogP contribution in [0.5, 0.6) is 0 Å². The Kier molecular flexibility index (Phi) is 3.98. The molecule has 0 saturated heterocycles. The van der Waals surface area contributed by atoms with Crippen molar-refractivity contribution in [3.63, 3.8) is 0 Å². The summed E-state index contributed by atoms with van der Waals surface area (Å²) in [6.07, 6.45) is 7.29. The van der Waals surface area contributed by atoms with E-state index in [0.717, 1.165) is 18.3 Å². The second kappa shape index (κ2) is 5.33. The maximum Gasteiger partial charge on any atom is 0.148 e. The van der Waals surface area contributed by atoms with E-state index >= 15 is 0 Å². The van der Waals surface area contributed by atoms with E-state index in [2.05, 4.69) is 44.2 Å². The Labute approximate surface area is 111 Å². The van der Waals surface area contributed by atoms with E-state index in [1.54, 1.807) is 0 Å². The van der Waals surface area contributed by atoms with E-state index in [0.29, 0.717) is 11.5 Å². The van der Waals surface area contributed by atoms with Crippen LogP contribution in [0.25, 0.3) is 0 Å². The third-order valence-electron chi connectivity index (χ3n) is 4.27. The summed E-state index contributed by atoms with van der Waals surface area (Å²) in [5.41, 5.74) is 0.467.